The highest BCUT2D eigenvalue weighted by Gasteiger charge is 2.12. The van der Waals surface area contributed by atoms with Gasteiger partial charge >= 0.3 is 0 Å². The van der Waals surface area contributed by atoms with Crippen LogP contribution in [-0.2, 0) is 16.0 Å². The summed E-state index contributed by atoms with van der Waals surface area (Å²) >= 11 is 7.54. The van der Waals surface area contributed by atoms with Crippen molar-refractivity contribution in [2.45, 2.75) is 33.1 Å². The number of aryl methyl sites for hydroxylation is 2. The number of aromatic nitrogens is 1. The zero-order valence-corrected chi connectivity index (χ0v) is 18.0. The Morgan fingerprint density at radius 1 is 1.17 bits per heavy atom. The molecule has 3 aromatic rings. The van der Waals surface area contributed by atoms with Crippen LogP contribution < -0.4 is 15.4 Å². The highest BCUT2D eigenvalue weighted by molar-refractivity contribution is 7.22. The van der Waals surface area contributed by atoms with E-state index in [1.807, 2.05) is 25.1 Å². The number of carbonyl (C=O) groups is 2. The van der Waals surface area contributed by atoms with Crippen LogP contribution in [0, 0.1) is 6.92 Å². The van der Waals surface area contributed by atoms with Gasteiger partial charge in [0.1, 0.15) is 5.75 Å². The van der Waals surface area contributed by atoms with Crippen LogP contribution in [0.5, 0.6) is 5.75 Å². The normalized spacial score (nSPS) is 10.8. The molecule has 3 rings (SSSR count). The predicted molar refractivity (Wildman–Crippen MR) is 118 cm³/mol. The van der Waals surface area contributed by atoms with E-state index < -0.39 is 0 Å². The Balaban J connectivity index is 1.65. The first-order valence-electron chi connectivity index (χ1n) is 9.23. The molecular weight excluding hydrogens is 410 g/mol. The van der Waals surface area contributed by atoms with Crippen LogP contribution in [-0.4, -0.2) is 23.9 Å². The molecule has 1 aromatic heterocycles. The zero-order chi connectivity index (χ0) is 21.0. The third-order valence-corrected chi connectivity index (χ3v) is 5.76. The van der Waals surface area contributed by atoms with Crippen molar-refractivity contribution in [1.29, 1.82) is 0 Å². The van der Waals surface area contributed by atoms with Gasteiger partial charge in [0.05, 0.1) is 23.0 Å². The van der Waals surface area contributed by atoms with E-state index in [2.05, 4.69) is 15.6 Å². The molecule has 0 atom stereocenters. The first-order valence-corrected chi connectivity index (χ1v) is 10.4. The average molecular weight is 432 g/mol. The summed E-state index contributed by atoms with van der Waals surface area (Å²) in [5.74, 6) is 0.362. The molecule has 0 fully saturated rings. The van der Waals surface area contributed by atoms with Crippen LogP contribution in [0.3, 0.4) is 0 Å². The Morgan fingerprint density at radius 3 is 2.69 bits per heavy atom. The highest BCUT2D eigenvalue weighted by atomic mass is 35.5. The Morgan fingerprint density at radius 2 is 1.97 bits per heavy atom. The Labute approximate surface area is 178 Å². The molecule has 0 radical (unpaired) electrons. The van der Waals surface area contributed by atoms with Crippen LogP contribution in [0.15, 0.2) is 30.3 Å². The second-order valence-electron chi connectivity index (χ2n) is 6.57. The predicted octanol–water partition coefficient (Wildman–Crippen LogP) is 5.19. The van der Waals surface area contributed by atoms with E-state index >= 15 is 0 Å². The third-order valence-electron chi connectivity index (χ3n) is 4.42. The lowest BCUT2D eigenvalue weighted by molar-refractivity contribution is -0.116. The van der Waals surface area contributed by atoms with E-state index in [0.717, 1.165) is 21.3 Å². The molecule has 0 aliphatic carbocycles. The summed E-state index contributed by atoms with van der Waals surface area (Å²) in [5.41, 5.74) is 3.33. The molecular formula is C21H22ClN3O3S. The highest BCUT2D eigenvalue weighted by Crippen LogP contribution is 2.31. The van der Waals surface area contributed by atoms with Crippen molar-refractivity contribution in [3.8, 4) is 5.75 Å². The second-order valence-corrected chi connectivity index (χ2v) is 8.01. The first kappa shape index (κ1) is 21.1. The number of hydrogen-bond acceptors (Lipinski definition) is 5. The SMILES string of the molecule is CCC(=O)Nc1nc2ccc(CCC(=O)Nc3cc(C)c(Cl)cc3OC)cc2s1. The van der Waals surface area contributed by atoms with Crippen molar-refractivity contribution in [2.24, 2.45) is 0 Å². The van der Waals surface area contributed by atoms with Crippen LogP contribution in [0.2, 0.25) is 5.02 Å². The van der Waals surface area contributed by atoms with Crippen molar-refractivity contribution in [3.63, 3.8) is 0 Å². The molecule has 0 aliphatic rings. The molecule has 29 heavy (non-hydrogen) atoms. The van der Waals surface area contributed by atoms with Gasteiger partial charge in [-0.15, -0.1) is 0 Å². The largest absolute Gasteiger partial charge is 0.495 e. The van der Waals surface area contributed by atoms with Gasteiger partial charge in [-0.05, 0) is 42.7 Å². The number of benzene rings is 2. The van der Waals surface area contributed by atoms with E-state index in [1.54, 1.807) is 19.1 Å². The van der Waals surface area contributed by atoms with E-state index in [9.17, 15) is 9.59 Å². The number of fused-ring (bicyclic) bond motifs is 1. The molecule has 0 saturated carbocycles. The topological polar surface area (TPSA) is 80.3 Å². The van der Waals surface area contributed by atoms with Gasteiger partial charge in [-0.25, -0.2) is 4.98 Å². The molecule has 0 bridgehead atoms. The minimum Gasteiger partial charge on any atom is -0.495 e. The number of halogens is 1. The minimum absolute atomic E-state index is 0.0613. The van der Waals surface area contributed by atoms with E-state index in [-0.39, 0.29) is 11.8 Å². The Kier molecular flexibility index (Phi) is 6.71. The standard InChI is InChI=1S/C21H22ClN3O3S/c1-4-19(26)25-21-24-15-7-5-13(10-18(15)29-21)6-8-20(27)23-16-9-12(2)14(22)11-17(16)28-3/h5,7,9-11H,4,6,8H2,1-3H3,(H,23,27)(H,24,25,26). The summed E-state index contributed by atoms with van der Waals surface area (Å²) < 4.78 is 6.27. The maximum absolute atomic E-state index is 12.4. The Hall–Kier alpha value is -2.64. The molecule has 0 saturated heterocycles. The Bertz CT molecular complexity index is 1060. The number of methoxy groups -OCH3 is 1. The van der Waals surface area contributed by atoms with Gasteiger partial charge in [-0.3, -0.25) is 9.59 Å². The third kappa shape index (κ3) is 5.25. The first-order chi connectivity index (χ1) is 13.9. The molecule has 152 valence electrons. The van der Waals surface area contributed by atoms with Crippen molar-refractivity contribution in [1.82, 2.24) is 4.98 Å². The monoisotopic (exact) mass is 431 g/mol. The molecule has 2 aromatic carbocycles. The molecule has 0 spiro atoms. The fraction of sp³-hybridized carbons (Fsp3) is 0.286. The van der Waals surface area contributed by atoms with Crippen LogP contribution >= 0.6 is 22.9 Å². The number of thiazole rings is 1. The number of nitrogens with zero attached hydrogens (tertiary/aromatic N) is 1. The molecule has 6 nitrogen and oxygen atoms in total. The van der Waals surface area contributed by atoms with Gasteiger partial charge in [-0.1, -0.05) is 35.9 Å². The number of rotatable bonds is 7. The summed E-state index contributed by atoms with van der Waals surface area (Å²) in [6, 6.07) is 9.36. The summed E-state index contributed by atoms with van der Waals surface area (Å²) in [6.07, 6.45) is 1.33. The summed E-state index contributed by atoms with van der Waals surface area (Å²) in [6.45, 7) is 3.67. The minimum atomic E-state index is -0.106. The number of amides is 2. The van der Waals surface area contributed by atoms with Crippen molar-refractivity contribution < 1.29 is 14.3 Å². The van der Waals surface area contributed by atoms with Gasteiger partial charge < -0.3 is 15.4 Å². The molecule has 0 unspecified atom stereocenters. The van der Waals surface area contributed by atoms with Crippen molar-refractivity contribution in [3.05, 3.63) is 46.5 Å². The van der Waals surface area contributed by atoms with E-state index in [4.69, 9.17) is 16.3 Å². The maximum atomic E-state index is 12.4. The van der Waals surface area contributed by atoms with E-state index in [1.165, 1.54) is 18.4 Å². The second kappa shape index (κ2) is 9.24. The average Bonchev–Trinajstić information content (AvgIpc) is 3.10. The summed E-state index contributed by atoms with van der Waals surface area (Å²) in [5, 5.41) is 6.85. The number of nitrogens with one attached hydrogen (secondary N) is 2. The lowest BCUT2D eigenvalue weighted by atomic mass is 10.1. The molecule has 0 aliphatic heterocycles. The molecule has 8 heteroatoms. The van der Waals surface area contributed by atoms with Crippen LogP contribution in [0.4, 0.5) is 10.8 Å². The maximum Gasteiger partial charge on any atom is 0.225 e. The van der Waals surface area contributed by atoms with Crippen molar-refractivity contribution >= 4 is 55.8 Å². The van der Waals surface area contributed by atoms with Gasteiger partial charge in [0.15, 0.2) is 5.13 Å². The summed E-state index contributed by atoms with van der Waals surface area (Å²) in [4.78, 5) is 28.4. The number of ether oxygens (including phenoxy) is 1. The lowest BCUT2D eigenvalue weighted by Gasteiger charge is -2.12. The number of anilines is 2. The van der Waals surface area contributed by atoms with Gasteiger partial charge in [0.2, 0.25) is 11.8 Å². The number of hydrogen-bond donors (Lipinski definition) is 2. The smallest absolute Gasteiger partial charge is 0.225 e. The summed E-state index contributed by atoms with van der Waals surface area (Å²) in [7, 11) is 1.54. The molecule has 2 N–H and O–H groups in total. The molecule has 1 heterocycles. The van der Waals surface area contributed by atoms with Gasteiger partial charge in [0, 0.05) is 23.9 Å². The fourth-order valence-corrected chi connectivity index (χ4v) is 3.89. The fourth-order valence-electron chi connectivity index (χ4n) is 2.79. The lowest BCUT2D eigenvalue weighted by Crippen LogP contribution is -2.13. The quantitative estimate of drug-likeness (QED) is 0.539. The van der Waals surface area contributed by atoms with Crippen LogP contribution in [0.25, 0.3) is 10.2 Å². The van der Waals surface area contributed by atoms with Gasteiger partial charge in [0.25, 0.3) is 0 Å². The zero-order valence-electron chi connectivity index (χ0n) is 16.5. The van der Waals surface area contributed by atoms with Crippen LogP contribution in [0.1, 0.15) is 30.9 Å². The molecule has 2 amide bonds. The number of carbonyl (C=O) groups excluding carboxylic acids is 2. The van der Waals surface area contributed by atoms with E-state index in [0.29, 0.717) is 40.9 Å². The van der Waals surface area contributed by atoms with Crippen molar-refractivity contribution in [2.75, 3.05) is 17.7 Å². The van der Waals surface area contributed by atoms with Gasteiger partial charge in [-0.2, -0.15) is 0 Å².